The minimum absolute atomic E-state index is 0.213. The SMILES string of the molecule is CCN(C(=O)c1cc(C)ccc1C)C1CC2CCC(C1)N2. The second kappa shape index (κ2) is 5.80. The summed E-state index contributed by atoms with van der Waals surface area (Å²) in [5.41, 5.74) is 3.12. The normalized spacial score (nSPS) is 27.7. The van der Waals surface area contributed by atoms with Gasteiger partial charge in [-0.1, -0.05) is 17.7 Å². The zero-order valence-corrected chi connectivity index (χ0v) is 13.4. The van der Waals surface area contributed by atoms with Crippen LogP contribution in [0, 0.1) is 13.8 Å². The number of benzene rings is 1. The largest absolute Gasteiger partial charge is 0.336 e. The Kier molecular flexibility index (Phi) is 4.03. The third-order valence-electron chi connectivity index (χ3n) is 5.11. The first-order chi connectivity index (χ1) is 10.1. The maximum absolute atomic E-state index is 13.0. The van der Waals surface area contributed by atoms with Crippen LogP contribution in [-0.4, -0.2) is 35.5 Å². The lowest BCUT2D eigenvalue weighted by atomic mass is 9.96. The quantitative estimate of drug-likeness (QED) is 0.926. The van der Waals surface area contributed by atoms with Crippen molar-refractivity contribution in [1.82, 2.24) is 10.2 Å². The third-order valence-corrected chi connectivity index (χ3v) is 5.11. The number of carbonyl (C=O) groups excluding carboxylic acids is 1. The number of fused-ring (bicyclic) bond motifs is 2. The molecule has 1 aromatic rings. The van der Waals surface area contributed by atoms with Gasteiger partial charge in [-0.05, 0) is 58.1 Å². The van der Waals surface area contributed by atoms with E-state index in [4.69, 9.17) is 0 Å². The highest BCUT2D eigenvalue weighted by Gasteiger charge is 2.37. The zero-order chi connectivity index (χ0) is 15.0. The Morgan fingerprint density at radius 2 is 1.90 bits per heavy atom. The Morgan fingerprint density at radius 3 is 2.52 bits per heavy atom. The minimum Gasteiger partial charge on any atom is -0.336 e. The van der Waals surface area contributed by atoms with E-state index in [-0.39, 0.29) is 5.91 Å². The van der Waals surface area contributed by atoms with E-state index in [2.05, 4.69) is 36.2 Å². The number of carbonyl (C=O) groups is 1. The standard InChI is InChI=1S/C18H26N2O/c1-4-20(16-10-14-7-8-15(11-16)19-14)18(21)17-9-12(2)5-6-13(17)3/h5-6,9,14-16,19H,4,7-8,10-11H2,1-3H3. The van der Waals surface area contributed by atoms with Gasteiger partial charge in [0.25, 0.3) is 5.91 Å². The molecule has 21 heavy (non-hydrogen) atoms. The van der Waals surface area contributed by atoms with Crippen LogP contribution in [0.2, 0.25) is 0 Å². The number of amides is 1. The Morgan fingerprint density at radius 1 is 1.24 bits per heavy atom. The molecule has 2 bridgehead atoms. The van der Waals surface area contributed by atoms with Crippen molar-refractivity contribution in [3.63, 3.8) is 0 Å². The topological polar surface area (TPSA) is 32.3 Å². The number of rotatable bonds is 3. The van der Waals surface area contributed by atoms with E-state index in [1.165, 1.54) is 12.8 Å². The Labute approximate surface area is 127 Å². The van der Waals surface area contributed by atoms with Crippen LogP contribution in [0.25, 0.3) is 0 Å². The molecule has 3 rings (SSSR count). The molecule has 0 spiro atoms. The van der Waals surface area contributed by atoms with Crippen molar-refractivity contribution in [2.24, 2.45) is 0 Å². The first-order valence-electron chi connectivity index (χ1n) is 8.22. The van der Waals surface area contributed by atoms with Gasteiger partial charge in [0.05, 0.1) is 0 Å². The maximum Gasteiger partial charge on any atom is 0.254 e. The van der Waals surface area contributed by atoms with Crippen LogP contribution in [0.4, 0.5) is 0 Å². The average Bonchev–Trinajstić information content (AvgIpc) is 2.81. The second-order valence-electron chi connectivity index (χ2n) is 6.67. The average molecular weight is 286 g/mol. The molecular weight excluding hydrogens is 260 g/mol. The minimum atomic E-state index is 0.213. The number of nitrogens with one attached hydrogen (secondary N) is 1. The van der Waals surface area contributed by atoms with Crippen LogP contribution in [0.5, 0.6) is 0 Å². The van der Waals surface area contributed by atoms with Gasteiger partial charge in [-0.25, -0.2) is 0 Å². The molecule has 1 amide bonds. The predicted molar refractivity (Wildman–Crippen MR) is 85.6 cm³/mol. The molecule has 2 aliphatic rings. The molecule has 0 aromatic heterocycles. The van der Waals surface area contributed by atoms with Gasteiger partial charge in [0.1, 0.15) is 0 Å². The van der Waals surface area contributed by atoms with Crippen LogP contribution in [-0.2, 0) is 0 Å². The Hall–Kier alpha value is -1.35. The first-order valence-corrected chi connectivity index (χ1v) is 8.22. The summed E-state index contributed by atoms with van der Waals surface area (Å²) in [6.45, 7) is 6.99. The number of aryl methyl sites for hydroxylation is 2. The molecule has 1 N–H and O–H groups in total. The molecule has 114 valence electrons. The van der Waals surface area contributed by atoms with Crippen molar-refractivity contribution in [3.05, 3.63) is 34.9 Å². The van der Waals surface area contributed by atoms with Gasteiger partial charge in [-0.3, -0.25) is 4.79 Å². The molecular formula is C18H26N2O. The number of hydrogen-bond acceptors (Lipinski definition) is 2. The molecule has 1 aromatic carbocycles. The number of piperidine rings is 1. The van der Waals surface area contributed by atoms with E-state index in [9.17, 15) is 4.79 Å². The summed E-state index contributed by atoms with van der Waals surface area (Å²) in [7, 11) is 0. The molecule has 0 radical (unpaired) electrons. The summed E-state index contributed by atoms with van der Waals surface area (Å²) in [4.78, 5) is 15.1. The van der Waals surface area contributed by atoms with Gasteiger partial charge in [-0.15, -0.1) is 0 Å². The second-order valence-corrected chi connectivity index (χ2v) is 6.67. The maximum atomic E-state index is 13.0. The van der Waals surface area contributed by atoms with Crippen molar-refractivity contribution in [2.45, 2.75) is 64.6 Å². The van der Waals surface area contributed by atoms with E-state index in [1.807, 2.05) is 13.0 Å². The van der Waals surface area contributed by atoms with E-state index >= 15 is 0 Å². The summed E-state index contributed by atoms with van der Waals surface area (Å²) in [6.07, 6.45) is 4.77. The lowest BCUT2D eigenvalue weighted by Gasteiger charge is -2.37. The molecule has 2 unspecified atom stereocenters. The summed E-state index contributed by atoms with van der Waals surface area (Å²) in [5, 5.41) is 3.66. The van der Waals surface area contributed by atoms with E-state index < -0.39 is 0 Å². The van der Waals surface area contributed by atoms with Gasteiger partial charge < -0.3 is 10.2 Å². The van der Waals surface area contributed by atoms with Gasteiger partial charge >= 0.3 is 0 Å². The summed E-state index contributed by atoms with van der Waals surface area (Å²) >= 11 is 0. The highest BCUT2D eigenvalue weighted by atomic mass is 16.2. The van der Waals surface area contributed by atoms with Gasteiger partial charge in [0.2, 0.25) is 0 Å². The molecule has 2 saturated heterocycles. The Bertz CT molecular complexity index is 528. The van der Waals surface area contributed by atoms with Gasteiger partial charge in [0, 0.05) is 30.2 Å². The van der Waals surface area contributed by atoms with Crippen LogP contribution in [0.3, 0.4) is 0 Å². The number of nitrogens with zero attached hydrogens (tertiary/aromatic N) is 1. The van der Waals surface area contributed by atoms with Crippen LogP contribution < -0.4 is 5.32 Å². The van der Waals surface area contributed by atoms with Crippen molar-refractivity contribution in [1.29, 1.82) is 0 Å². The van der Waals surface area contributed by atoms with Gasteiger partial charge in [0.15, 0.2) is 0 Å². The molecule has 3 nitrogen and oxygen atoms in total. The molecule has 3 heteroatoms. The highest BCUT2D eigenvalue weighted by Crippen LogP contribution is 2.30. The predicted octanol–water partition coefficient (Wildman–Crippen LogP) is 3.05. The fourth-order valence-electron chi connectivity index (χ4n) is 3.97. The molecule has 2 atom stereocenters. The zero-order valence-electron chi connectivity index (χ0n) is 13.4. The van der Waals surface area contributed by atoms with Crippen LogP contribution in [0.1, 0.15) is 54.1 Å². The highest BCUT2D eigenvalue weighted by molar-refractivity contribution is 5.96. The number of hydrogen-bond donors (Lipinski definition) is 1. The van der Waals surface area contributed by atoms with E-state index in [1.54, 1.807) is 0 Å². The molecule has 2 heterocycles. The molecule has 0 saturated carbocycles. The monoisotopic (exact) mass is 286 g/mol. The fourth-order valence-corrected chi connectivity index (χ4v) is 3.97. The van der Waals surface area contributed by atoms with E-state index in [0.29, 0.717) is 18.1 Å². The van der Waals surface area contributed by atoms with Crippen molar-refractivity contribution >= 4 is 5.91 Å². The van der Waals surface area contributed by atoms with Crippen molar-refractivity contribution in [2.75, 3.05) is 6.54 Å². The van der Waals surface area contributed by atoms with E-state index in [0.717, 1.165) is 36.1 Å². The summed E-state index contributed by atoms with van der Waals surface area (Å²) in [5.74, 6) is 0.213. The molecule has 2 aliphatic heterocycles. The molecule has 0 aliphatic carbocycles. The third kappa shape index (κ3) is 2.84. The first kappa shape index (κ1) is 14.6. The lowest BCUT2D eigenvalue weighted by Crippen LogP contribution is -2.50. The Balaban J connectivity index is 1.82. The smallest absolute Gasteiger partial charge is 0.254 e. The van der Waals surface area contributed by atoms with Crippen LogP contribution >= 0.6 is 0 Å². The van der Waals surface area contributed by atoms with Crippen molar-refractivity contribution in [3.8, 4) is 0 Å². The summed E-state index contributed by atoms with van der Waals surface area (Å²) < 4.78 is 0. The fraction of sp³-hybridized carbons (Fsp3) is 0.611. The van der Waals surface area contributed by atoms with Gasteiger partial charge in [-0.2, -0.15) is 0 Å². The van der Waals surface area contributed by atoms with Crippen LogP contribution in [0.15, 0.2) is 18.2 Å². The summed E-state index contributed by atoms with van der Waals surface area (Å²) in [6, 6.07) is 7.82. The van der Waals surface area contributed by atoms with Crippen molar-refractivity contribution < 1.29 is 4.79 Å². The molecule has 2 fully saturated rings. The lowest BCUT2D eigenvalue weighted by molar-refractivity contribution is 0.0630.